The average molecular weight is 322 g/mol. The van der Waals surface area contributed by atoms with Crippen LogP contribution < -0.4 is 10.9 Å². The van der Waals surface area contributed by atoms with Crippen LogP contribution in [-0.4, -0.2) is 9.38 Å². The lowest BCUT2D eigenvalue weighted by Crippen LogP contribution is -2.84. The third kappa shape index (κ3) is 3.39. The fourth-order valence-corrected chi connectivity index (χ4v) is 3.18. The van der Waals surface area contributed by atoms with E-state index in [1.54, 1.807) is 10.5 Å². The minimum atomic E-state index is -0.0118. The molecule has 0 amide bonds. The van der Waals surface area contributed by atoms with Crippen molar-refractivity contribution in [3.8, 4) is 0 Å². The number of pyridine rings is 1. The van der Waals surface area contributed by atoms with E-state index in [0.29, 0.717) is 24.2 Å². The summed E-state index contributed by atoms with van der Waals surface area (Å²) in [6.07, 6.45) is 0. The molecule has 2 heterocycles. The van der Waals surface area contributed by atoms with Crippen molar-refractivity contribution in [2.75, 3.05) is 0 Å². The summed E-state index contributed by atoms with van der Waals surface area (Å²) < 4.78 is 1.65. The van der Waals surface area contributed by atoms with Crippen molar-refractivity contribution in [3.63, 3.8) is 0 Å². The molecule has 1 atom stereocenters. The van der Waals surface area contributed by atoms with E-state index in [2.05, 4.69) is 48.4 Å². The van der Waals surface area contributed by atoms with Crippen molar-refractivity contribution < 1.29 is 5.32 Å². The number of aromatic nitrogens is 2. The number of nitrogens with zero attached hydrogens (tertiary/aromatic N) is 2. The number of quaternary nitrogens is 1. The highest BCUT2D eigenvalue weighted by Gasteiger charge is 2.19. The quantitative estimate of drug-likeness (QED) is 0.784. The fourth-order valence-electron chi connectivity index (χ4n) is 3.18. The molecular formula is C20H24N3O+. The van der Waals surface area contributed by atoms with Gasteiger partial charge >= 0.3 is 0 Å². The van der Waals surface area contributed by atoms with Crippen LogP contribution in [0.3, 0.4) is 0 Å². The molecule has 0 spiro atoms. The molecule has 3 aromatic rings. The maximum Gasteiger partial charge on any atom is 0.258 e. The van der Waals surface area contributed by atoms with Gasteiger partial charge in [-0.3, -0.25) is 9.20 Å². The van der Waals surface area contributed by atoms with Gasteiger partial charge in [0.15, 0.2) is 0 Å². The Morgan fingerprint density at radius 3 is 2.54 bits per heavy atom. The van der Waals surface area contributed by atoms with E-state index in [4.69, 9.17) is 0 Å². The van der Waals surface area contributed by atoms with Crippen LogP contribution in [0, 0.1) is 12.8 Å². The van der Waals surface area contributed by atoms with E-state index >= 15 is 0 Å². The molecule has 1 aromatic carbocycles. The lowest BCUT2D eigenvalue weighted by Gasteiger charge is -2.19. The van der Waals surface area contributed by atoms with E-state index < -0.39 is 0 Å². The van der Waals surface area contributed by atoms with E-state index in [9.17, 15) is 4.79 Å². The topological polar surface area (TPSA) is 51.0 Å². The standard InChI is InChI=1S/C20H23N3O/c1-14(2)20(16-9-5-4-6-10-16)21-13-17-12-19(24)23-15(3)8-7-11-18(23)22-17/h4-12,14,20-21H,13H2,1-3H3/p+1/t20-/m0/s1. The minimum absolute atomic E-state index is 0.0118. The molecule has 0 aliphatic carbocycles. The zero-order valence-electron chi connectivity index (χ0n) is 14.4. The third-order valence-electron chi connectivity index (χ3n) is 4.42. The van der Waals surface area contributed by atoms with Gasteiger partial charge in [0, 0.05) is 23.2 Å². The summed E-state index contributed by atoms with van der Waals surface area (Å²) in [4.78, 5) is 17.0. The van der Waals surface area contributed by atoms with Gasteiger partial charge in [0.1, 0.15) is 23.9 Å². The Hall–Kier alpha value is -2.46. The first-order chi connectivity index (χ1) is 11.6. The molecule has 0 bridgehead atoms. The normalized spacial score (nSPS) is 12.7. The highest BCUT2D eigenvalue weighted by Crippen LogP contribution is 2.17. The summed E-state index contributed by atoms with van der Waals surface area (Å²) in [5, 5.41) is 2.27. The molecule has 0 aliphatic rings. The summed E-state index contributed by atoms with van der Waals surface area (Å²) >= 11 is 0. The van der Waals surface area contributed by atoms with Crippen molar-refractivity contribution in [3.05, 3.63) is 81.9 Å². The minimum Gasteiger partial charge on any atom is -0.335 e. The Morgan fingerprint density at radius 1 is 1.08 bits per heavy atom. The molecule has 0 saturated heterocycles. The maximum atomic E-state index is 12.4. The van der Waals surface area contributed by atoms with E-state index in [0.717, 1.165) is 11.4 Å². The van der Waals surface area contributed by atoms with Gasteiger partial charge in [0.05, 0.1) is 0 Å². The summed E-state index contributed by atoms with van der Waals surface area (Å²) in [6.45, 7) is 7.06. The molecule has 3 rings (SSSR count). The Kier molecular flexibility index (Phi) is 4.76. The maximum absolute atomic E-state index is 12.4. The van der Waals surface area contributed by atoms with Crippen molar-refractivity contribution in [2.45, 2.75) is 33.4 Å². The molecule has 0 unspecified atom stereocenters. The van der Waals surface area contributed by atoms with Crippen LogP contribution in [0.5, 0.6) is 0 Å². The van der Waals surface area contributed by atoms with Gasteiger partial charge < -0.3 is 5.32 Å². The summed E-state index contributed by atoms with van der Waals surface area (Å²) in [7, 11) is 0. The van der Waals surface area contributed by atoms with Crippen molar-refractivity contribution in [1.82, 2.24) is 9.38 Å². The smallest absolute Gasteiger partial charge is 0.258 e. The number of aryl methyl sites for hydroxylation is 1. The number of benzene rings is 1. The molecule has 2 aromatic heterocycles. The molecule has 24 heavy (non-hydrogen) atoms. The van der Waals surface area contributed by atoms with Crippen molar-refractivity contribution >= 4 is 5.65 Å². The predicted octanol–water partition coefficient (Wildman–Crippen LogP) is 2.46. The third-order valence-corrected chi connectivity index (χ3v) is 4.42. The SMILES string of the molecule is Cc1cccc2nc(C[NH2+][C@H](c3ccccc3)C(C)C)cc(=O)n12. The first kappa shape index (κ1) is 16.4. The zero-order valence-corrected chi connectivity index (χ0v) is 14.4. The van der Waals surface area contributed by atoms with Gasteiger partial charge in [-0.15, -0.1) is 0 Å². The second kappa shape index (κ2) is 6.97. The second-order valence-electron chi connectivity index (χ2n) is 6.57. The van der Waals surface area contributed by atoms with Crippen molar-refractivity contribution in [2.24, 2.45) is 5.92 Å². The Labute approximate surface area is 142 Å². The monoisotopic (exact) mass is 322 g/mol. The number of fused-ring (bicyclic) bond motifs is 1. The Bertz CT molecular complexity index is 884. The van der Waals surface area contributed by atoms with Crippen LogP contribution in [-0.2, 0) is 6.54 Å². The Morgan fingerprint density at radius 2 is 1.83 bits per heavy atom. The first-order valence-electron chi connectivity index (χ1n) is 8.43. The number of hydrogen-bond donors (Lipinski definition) is 1. The van der Waals surface area contributed by atoms with Crippen LogP contribution in [0.2, 0.25) is 0 Å². The lowest BCUT2D eigenvalue weighted by molar-refractivity contribution is -0.717. The summed E-state index contributed by atoms with van der Waals surface area (Å²) in [5.41, 5.74) is 3.74. The van der Waals surface area contributed by atoms with Gasteiger partial charge in [-0.2, -0.15) is 0 Å². The highest BCUT2D eigenvalue weighted by atomic mass is 16.1. The van der Waals surface area contributed by atoms with E-state index in [1.807, 2.05) is 31.2 Å². The summed E-state index contributed by atoms with van der Waals surface area (Å²) in [6, 6.07) is 18.2. The van der Waals surface area contributed by atoms with Crippen LogP contribution >= 0.6 is 0 Å². The van der Waals surface area contributed by atoms with Crippen LogP contribution in [0.15, 0.2) is 59.4 Å². The van der Waals surface area contributed by atoms with Gasteiger partial charge in [-0.05, 0) is 19.1 Å². The molecule has 4 nitrogen and oxygen atoms in total. The van der Waals surface area contributed by atoms with Crippen LogP contribution in [0.1, 0.15) is 36.8 Å². The average Bonchev–Trinajstić information content (AvgIpc) is 2.55. The van der Waals surface area contributed by atoms with Gasteiger partial charge in [-0.1, -0.05) is 50.2 Å². The number of nitrogens with two attached hydrogens (primary N) is 1. The molecule has 0 fully saturated rings. The molecular weight excluding hydrogens is 298 g/mol. The zero-order chi connectivity index (χ0) is 17.1. The Balaban J connectivity index is 1.86. The highest BCUT2D eigenvalue weighted by molar-refractivity contribution is 5.40. The van der Waals surface area contributed by atoms with Gasteiger partial charge in [0.2, 0.25) is 0 Å². The molecule has 124 valence electrons. The van der Waals surface area contributed by atoms with Crippen LogP contribution in [0.4, 0.5) is 0 Å². The molecule has 0 aliphatic heterocycles. The van der Waals surface area contributed by atoms with E-state index in [-0.39, 0.29) is 5.56 Å². The van der Waals surface area contributed by atoms with Crippen LogP contribution in [0.25, 0.3) is 5.65 Å². The molecule has 0 radical (unpaired) electrons. The number of hydrogen-bond acceptors (Lipinski definition) is 2. The lowest BCUT2D eigenvalue weighted by atomic mass is 9.96. The second-order valence-corrected chi connectivity index (χ2v) is 6.57. The molecule has 4 heteroatoms. The largest absolute Gasteiger partial charge is 0.335 e. The van der Waals surface area contributed by atoms with E-state index in [1.165, 1.54) is 5.56 Å². The first-order valence-corrected chi connectivity index (χ1v) is 8.43. The van der Waals surface area contributed by atoms with Gasteiger partial charge in [-0.25, -0.2) is 4.98 Å². The fraction of sp³-hybridized carbons (Fsp3) is 0.300. The number of rotatable bonds is 5. The predicted molar refractivity (Wildman–Crippen MR) is 95.8 cm³/mol. The van der Waals surface area contributed by atoms with Crippen molar-refractivity contribution in [1.29, 1.82) is 0 Å². The molecule has 0 saturated carbocycles. The van der Waals surface area contributed by atoms with Gasteiger partial charge in [0.25, 0.3) is 5.56 Å². The molecule has 2 N–H and O–H groups in total. The summed E-state index contributed by atoms with van der Waals surface area (Å²) in [5.74, 6) is 0.496.